The molecular weight excluding hydrogens is 364 g/mol. The number of anilines is 1. The lowest BCUT2D eigenvalue weighted by Gasteiger charge is -2.44. The van der Waals surface area contributed by atoms with E-state index in [1.807, 2.05) is 53.9 Å². The van der Waals surface area contributed by atoms with Crippen molar-refractivity contribution in [3.63, 3.8) is 0 Å². The largest absolute Gasteiger partial charge is 0.351 e. The highest BCUT2D eigenvalue weighted by atomic mass is 16.2. The number of aryl methyl sites for hydroxylation is 2. The maximum absolute atomic E-state index is 13.1. The summed E-state index contributed by atoms with van der Waals surface area (Å²) in [5.74, 6) is 0.935. The van der Waals surface area contributed by atoms with Gasteiger partial charge in [-0.3, -0.25) is 4.79 Å². The fraction of sp³-hybridized carbons (Fsp3) is 0.364. The van der Waals surface area contributed by atoms with Crippen molar-refractivity contribution in [2.24, 2.45) is 0 Å². The van der Waals surface area contributed by atoms with E-state index >= 15 is 0 Å². The highest BCUT2D eigenvalue weighted by molar-refractivity contribution is 5.95. The first-order valence-corrected chi connectivity index (χ1v) is 10.1. The zero-order valence-corrected chi connectivity index (χ0v) is 16.7. The molecular formula is C22H24N6O. The van der Waals surface area contributed by atoms with E-state index < -0.39 is 0 Å². The third-order valence-corrected chi connectivity index (χ3v) is 6.10. The van der Waals surface area contributed by atoms with Gasteiger partial charge < -0.3 is 9.80 Å². The van der Waals surface area contributed by atoms with Gasteiger partial charge in [0.05, 0.1) is 34.9 Å². The van der Waals surface area contributed by atoms with E-state index in [1.54, 1.807) is 6.20 Å². The molecule has 0 spiro atoms. The number of carbonyl (C=O) groups excluding carboxylic acids is 1. The third-order valence-electron chi connectivity index (χ3n) is 6.10. The molecule has 0 saturated carbocycles. The molecule has 2 aromatic heterocycles. The highest BCUT2D eigenvalue weighted by Crippen LogP contribution is 2.27. The number of benzene rings is 1. The first-order valence-electron chi connectivity index (χ1n) is 10.1. The molecule has 7 nitrogen and oxygen atoms in total. The lowest BCUT2D eigenvalue weighted by Crippen LogP contribution is -2.60. The number of carbonyl (C=O) groups is 1. The summed E-state index contributed by atoms with van der Waals surface area (Å²) in [6, 6.07) is 12.2. The van der Waals surface area contributed by atoms with Crippen LogP contribution in [-0.2, 0) is 12.8 Å². The Bertz CT molecular complexity index is 1050. The standard InChI is InChI=1S/C22H24N6O/c1-15-19(12-23-28(15)17-8-4-3-5-9-17)22(29)26(2)18-13-27(14-18)21-11-16-7-6-10-20(16)24-25-21/h3-5,8-9,11-12,18H,6-7,10,13-14H2,1-2H3. The van der Waals surface area contributed by atoms with E-state index in [1.165, 1.54) is 12.0 Å². The summed E-state index contributed by atoms with van der Waals surface area (Å²) in [4.78, 5) is 17.1. The molecule has 1 aliphatic heterocycles. The Morgan fingerprint density at radius 3 is 2.72 bits per heavy atom. The minimum atomic E-state index is 0.00867. The molecule has 2 aliphatic rings. The normalized spacial score (nSPS) is 15.9. The molecule has 0 N–H and O–H groups in total. The van der Waals surface area contributed by atoms with Gasteiger partial charge in [-0.15, -0.1) is 5.10 Å². The SMILES string of the molecule is Cc1c(C(=O)N(C)C2CN(c3cc4c(nn3)CCC4)C2)cnn1-c1ccccc1. The summed E-state index contributed by atoms with van der Waals surface area (Å²) in [5.41, 5.74) is 4.92. The zero-order chi connectivity index (χ0) is 20.0. The number of amides is 1. The molecule has 148 valence electrons. The monoisotopic (exact) mass is 388 g/mol. The van der Waals surface area contributed by atoms with Gasteiger partial charge in [-0.1, -0.05) is 18.2 Å². The molecule has 0 atom stereocenters. The summed E-state index contributed by atoms with van der Waals surface area (Å²) in [7, 11) is 1.87. The van der Waals surface area contributed by atoms with Crippen LogP contribution in [0.4, 0.5) is 5.82 Å². The fourth-order valence-electron chi connectivity index (χ4n) is 4.16. The Labute approximate surface area is 170 Å². The summed E-state index contributed by atoms with van der Waals surface area (Å²) >= 11 is 0. The predicted molar refractivity (Wildman–Crippen MR) is 110 cm³/mol. The summed E-state index contributed by atoms with van der Waals surface area (Å²) in [6.45, 7) is 3.50. The number of nitrogens with zero attached hydrogens (tertiary/aromatic N) is 6. The Morgan fingerprint density at radius 1 is 1.14 bits per heavy atom. The van der Waals surface area contributed by atoms with Gasteiger partial charge in [0.25, 0.3) is 5.91 Å². The topological polar surface area (TPSA) is 67.2 Å². The quantitative estimate of drug-likeness (QED) is 0.687. The molecule has 1 aliphatic carbocycles. The Kier molecular flexibility index (Phi) is 4.30. The second-order valence-electron chi connectivity index (χ2n) is 7.89. The first kappa shape index (κ1) is 17.8. The second kappa shape index (κ2) is 6.99. The van der Waals surface area contributed by atoms with Crippen LogP contribution in [-0.4, -0.2) is 57.0 Å². The molecule has 0 unspecified atom stereocenters. The Morgan fingerprint density at radius 2 is 1.93 bits per heavy atom. The van der Waals surface area contributed by atoms with Crippen molar-refractivity contribution in [2.45, 2.75) is 32.2 Å². The van der Waals surface area contributed by atoms with Crippen molar-refractivity contribution < 1.29 is 4.79 Å². The number of aromatic nitrogens is 4. The van der Waals surface area contributed by atoms with Crippen LogP contribution >= 0.6 is 0 Å². The lowest BCUT2D eigenvalue weighted by molar-refractivity contribution is 0.0704. The average Bonchev–Trinajstić information content (AvgIpc) is 3.33. The maximum atomic E-state index is 13.1. The van der Waals surface area contributed by atoms with Gasteiger partial charge in [0, 0.05) is 20.1 Å². The second-order valence-corrected chi connectivity index (χ2v) is 7.89. The van der Waals surface area contributed by atoms with E-state index in [0.717, 1.165) is 48.8 Å². The van der Waals surface area contributed by atoms with Crippen molar-refractivity contribution in [3.8, 4) is 5.69 Å². The van der Waals surface area contributed by atoms with E-state index in [-0.39, 0.29) is 11.9 Å². The molecule has 3 aromatic rings. The molecule has 1 saturated heterocycles. The first-order chi connectivity index (χ1) is 14.1. The summed E-state index contributed by atoms with van der Waals surface area (Å²) in [5, 5.41) is 13.2. The van der Waals surface area contributed by atoms with E-state index in [4.69, 9.17) is 0 Å². The summed E-state index contributed by atoms with van der Waals surface area (Å²) < 4.78 is 1.81. The van der Waals surface area contributed by atoms with Gasteiger partial charge in [0.15, 0.2) is 5.82 Å². The molecule has 1 fully saturated rings. The van der Waals surface area contributed by atoms with Crippen molar-refractivity contribution in [1.29, 1.82) is 0 Å². The molecule has 0 radical (unpaired) electrons. The van der Waals surface area contributed by atoms with Crippen LogP contribution < -0.4 is 4.90 Å². The van der Waals surface area contributed by atoms with Crippen molar-refractivity contribution >= 4 is 11.7 Å². The zero-order valence-electron chi connectivity index (χ0n) is 16.7. The van der Waals surface area contributed by atoms with Crippen LogP contribution in [0.5, 0.6) is 0 Å². The minimum Gasteiger partial charge on any atom is -0.351 e. The number of fused-ring (bicyclic) bond motifs is 1. The Balaban J connectivity index is 1.27. The van der Waals surface area contributed by atoms with Crippen molar-refractivity contribution in [3.05, 3.63) is 65.1 Å². The van der Waals surface area contributed by atoms with E-state index in [2.05, 4.69) is 26.3 Å². The number of likely N-dealkylation sites (N-methyl/N-ethyl adjacent to an activating group) is 1. The van der Waals surface area contributed by atoms with E-state index in [0.29, 0.717) is 5.56 Å². The van der Waals surface area contributed by atoms with Gasteiger partial charge in [-0.25, -0.2) is 4.68 Å². The molecule has 7 heteroatoms. The molecule has 1 aromatic carbocycles. The van der Waals surface area contributed by atoms with Crippen molar-refractivity contribution in [1.82, 2.24) is 24.9 Å². The highest BCUT2D eigenvalue weighted by Gasteiger charge is 2.35. The minimum absolute atomic E-state index is 0.00867. The van der Waals surface area contributed by atoms with Crippen LogP contribution in [0.25, 0.3) is 5.69 Å². The predicted octanol–water partition coefficient (Wildman–Crippen LogP) is 2.42. The number of rotatable bonds is 4. The molecule has 5 rings (SSSR count). The molecule has 0 bridgehead atoms. The molecule has 29 heavy (non-hydrogen) atoms. The Hall–Kier alpha value is -3.22. The van der Waals surface area contributed by atoms with Gasteiger partial charge in [-0.05, 0) is 49.9 Å². The summed E-state index contributed by atoms with van der Waals surface area (Å²) in [6.07, 6.45) is 4.98. The van der Waals surface area contributed by atoms with Crippen molar-refractivity contribution in [2.75, 3.05) is 25.0 Å². The van der Waals surface area contributed by atoms with Gasteiger partial charge in [-0.2, -0.15) is 10.2 Å². The van der Waals surface area contributed by atoms with Gasteiger partial charge >= 0.3 is 0 Å². The van der Waals surface area contributed by atoms with Crippen LogP contribution in [0.15, 0.2) is 42.6 Å². The smallest absolute Gasteiger partial charge is 0.257 e. The van der Waals surface area contributed by atoms with Gasteiger partial charge in [0.2, 0.25) is 0 Å². The average molecular weight is 388 g/mol. The van der Waals surface area contributed by atoms with Gasteiger partial charge in [0.1, 0.15) is 0 Å². The fourth-order valence-corrected chi connectivity index (χ4v) is 4.16. The number of para-hydroxylation sites is 1. The van der Waals surface area contributed by atoms with Crippen LogP contribution in [0.2, 0.25) is 0 Å². The lowest BCUT2D eigenvalue weighted by atomic mass is 10.1. The molecule has 3 heterocycles. The van der Waals surface area contributed by atoms with Crippen LogP contribution in [0, 0.1) is 6.92 Å². The van der Waals surface area contributed by atoms with E-state index in [9.17, 15) is 4.79 Å². The third kappa shape index (κ3) is 3.06. The number of hydrogen-bond donors (Lipinski definition) is 0. The maximum Gasteiger partial charge on any atom is 0.257 e. The number of hydrogen-bond acceptors (Lipinski definition) is 5. The molecule has 1 amide bonds. The van der Waals surface area contributed by atoms with Crippen LogP contribution in [0.3, 0.4) is 0 Å². The van der Waals surface area contributed by atoms with Crippen LogP contribution in [0.1, 0.15) is 33.7 Å².